The van der Waals surface area contributed by atoms with Crippen molar-refractivity contribution in [2.24, 2.45) is 0 Å². The molecular weight excluding hydrogens is 366 g/mol. The van der Waals surface area contributed by atoms with Crippen LogP contribution in [0.5, 0.6) is 0 Å². The van der Waals surface area contributed by atoms with Crippen LogP contribution in [-0.2, 0) is 13.1 Å². The van der Waals surface area contributed by atoms with Crippen LogP contribution in [-0.4, -0.2) is 21.0 Å². The summed E-state index contributed by atoms with van der Waals surface area (Å²) >= 11 is 6.73. The summed E-state index contributed by atoms with van der Waals surface area (Å²) in [5.74, 6) is 1.01. The number of hydrogen-bond acceptors (Lipinski definition) is 2. The standard InChI is InChI=1S/C24H30ClN3/c1-3-4-16-28-22(17-27-15-9-12-19-11-6-8-14-21(19)27)23(25)26-24(28)20-13-7-5-10-18(20)2/h5,7-8,10,13-14H,3-4,6,9,11-12,15-17H2,1-2H3. The van der Waals surface area contributed by atoms with Gasteiger partial charge in [-0.25, -0.2) is 4.98 Å². The lowest BCUT2D eigenvalue weighted by Gasteiger charge is -2.34. The Balaban J connectivity index is 1.72. The summed E-state index contributed by atoms with van der Waals surface area (Å²) in [6.07, 6.45) is 11.8. The molecule has 1 aliphatic carbocycles. The van der Waals surface area contributed by atoms with Crippen LogP contribution in [0.3, 0.4) is 0 Å². The van der Waals surface area contributed by atoms with Crippen LogP contribution < -0.4 is 0 Å². The van der Waals surface area contributed by atoms with Gasteiger partial charge in [0, 0.05) is 24.4 Å². The van der Waals surface area contributed by atoms with Gasteiger partial charge in [0.1, 0.15) is 5.82 Å². The zero-order valence-corrected chi connectivity index (χ0v) is 17.8. The Bertz CT molecular complexity index is 907. The van der Waals surface area contributed by atoms with E-state index in [1.54, 1.807) is 5.57 Å². The fourth-order valence-electron chi connectivity index (χ4n) is 4.42. The molecule has 1 aromatic heterocycles. The molecule has 0 bridgehead atoms. The molecule has 2 aromatic rings. The summed E-state index contributed by atoms with van der Waals surface area (Å²) in [5, 5.41) is 0.655. The quantitative estimate of drug-likeness (QED) is 0.555. The Hall–Kier alpha value is -2.00. The van der Waals surface area contributed by atoms with Gasteiger partial charge in [0.2, 0.25) is 0 Å². The van der Waals surface area contributed by atoms with Crippen LogP contribution in [0.25, 0.3) is 11.4 Å². The second-order valence-corrected chi connectivity index (χ2v) is 8.31. The SMILES string of the molecule is CCCCn1c(-c2ccccc2C)nc(Cl)c1CN1CCCC2=C1C=CCC2. The number of imidazole rings is 1. The number of allylic oxidation sites excluding steroid dienone is 3. The van der Waals surface area contributed by atoms with Crippen LogP contribution in [0.1, 0.15) is 56.7 Å². The Morgan fingerprint density at radius 2 is 2.04 bits per heavy atom. The highest BCUT2D eigenvalue weighted by Crippen LogP contribution is 2.34. The molecule has 0 unspecified atom stereocenters. The van der Waals surface area contributed by atoms with Crippen molar-refractivity contribution in [1.29, 1.82) is 0 Å². The number of aryl methyl sites for hydroxylation is 1. The van der Waals surface area contributed by atoms with Gasteiger partial charge in [-0.1, -0.05) is 55.3 Å². The van der Waals surface area contributed by atoms with E-state index in [1.165, 1.54) is 42.5 Å². The zero-order valence-electron chi connectivity index (χ0n) is 17.0. The zero-order chi connectivity index (χ0) is 19.5. The number of unbranched alkanes of at least 4 members (excludes halogenated alkanes) is 1. The van der Waals surface area contributed by atoms with E-state index in [2.05, 4.69) is 59.7 Å². The summed E-state index contributed by atoms with van der Waals surface area (Å²) in [5.41, 5.74) is 6.62. The maximum absolute atomic E-state index is 6.73. The highest BCUT2D eigenvalue weighted by molar-refractivity contribution is 6.30. The van der Waals surface area contributed by atoms with E-state index < -0.39 is 0 Å². The molecule has 0 saturated carbocycles. The molecule has 1 aromatic carbocycles. The predicted octanol–water partition coefficient (Wildman–Crippen LogP) is 6.51. The van der Waals surface area contributed by atoms with Crippen LogP contribution >= 0.6 is 11.6 Å². The summed E-state index contributed by atoms with van der Waals surface area (Å²) in [6, 6.07) is 8.48. The largest absolute Gasteiger partial charge is 0.366 e. The van der Waals surface area contributed by atoms with E-state index in [9.17, 15) is 0 Å². The summed E-state index contributed by atoms with van der Waals surface area (Å²) in [6.45, 7) is 7.28. The third-order valence-electron chi connectivity index (χ3n) is 5.98. The lowest BCUT2D eigenvalue weighted by atomic mass is 9.93. The van der Waals surface area contributed by atoms with Gasteiger partial charge in [0.15, 0.2) is 5.15 Å². The van der Waals surface area contributed by atoms with Gasteiger partial charge in [-0.2, -0.15) is 0 Å². The van der Waals surface area contributed by atoms with Crippen LogP contribution in [0.4, 0.5) is 0 Å². The van der Waals surface area contributed by atoms with Gasteiger partial charge in [-0.15, -0.1) is 0 Å². The number of nitrogens with zero attached hydrogens (tertiary/aromatic N) is 3. The van der Waals surface area contributed by atoms with Gasteiger partial charge in [-0.05, 0) is 56.2 Å². The number of halogens is 1. The second kappa shape index (κ2) is 8.57. The Morgan fingerprint density at radius 3 is 2.86 bits per heavy atom. The van der Waals surface area contributed by atoms with Gasteiger partial charge >= 0.3 is 0 Å². The smallest absolute Gasteiger partial charge is 0.152 e. The number of aromatic nitrogens is 2. The second-order valence-electron chi connectivity index (χ2n) is 7.95. The number of hydrogen-bond donors (Lipinski definition) is 0. The van der Waals surface area contributed by atoms with Crippen molar-refractivity contribution in [3.8, 4) is 11.4 Å². The third-order valence-corrected chi connectivity index (χ3v) is 6.29. The van der Waals surface area contributed by atoms with E-state index in [1.807, 2.05) is 0 Å². The molecule has 0 N–H and O–H groups in total. The predicted molar refractivity (Wildman–Crippen MR) is 117 cm³/mol. The lowest BCUT2D eigenvalue weighted by molar-refractivity contribution is 0.306. The maximum atomic E-state index is 6.73. The summed E-state index contributed by atoms with van der Waals surface area (Å²) in [7, 11) is 0. The number of rotatable bonds is 6. The molecule has 0 spiro atoms. The van der Waals surface area contributed by atoms with E-state index in [-0.39, 0.29) is 0 Å². The van der Waals surface area contributed by atoms with E-state index in [0.717, 1.165) is 44.0 Å². The molecule has 0 saturated heterocycles. The Kier molecular flexibility index (Phi) is 5.91. The fourth-order valence-corrected chi connectivity index (χ4v) is 4.67. The van der Waals surface area contributed by atoms with Gasteiger partial charge < -0.3 is 9.47 Å². The van der Waals surface area contributed by atoms with Crippen molar-refractivity contribution < 1.29 is 0 Å². The van der Waals surface area contributed by atoms with Crippen LogP contribution in [0.2, 0.25) is 5.15 Å². The minimum absolute atomic E-state index is 0.655. The molecule has 4 heteroatoms. The minimum atomic E-state index is 0.655. The van der Waals surface area contributed by atoms with Gasteiger partial charge in [-0.3, -0.25) is 0 Å². The maximum Gasteiger partial charge on any atom is 0.152 e. The molecule has 2 aliphatic rings. The average Bonchev–Trinajstić information content (AvgIpc) is 3.02. The first-order valence-electron chi connectivity index (χ1n) is 10.6. The molecular formula is C24H30ClN3. The van der Waals surface area contributed by atoms with Crippen LogP contribution in [0.15, 0.2) is 47.7 Å². The molecule has 148 valence electrons. The first-order chi connectivity index (χ1) is 13.7. The topological polar surface area (TPSA) is 21.1 Å². The van der Waals surface area contributed by atoms with Crippen molar-refractivity contribution in [2.45, 2.75) is 65.5 Å². The van der Waals surface area contributed by atoms with Gasteiger partial charge in [0.05, 0.1) is 12.2 Å². The Morgan fingerprint density at radius 1 is 1.18 bits per heavy atom. The number of benzene rings is 1. The van der Waals surface area contributed by atoms with Crippen molar-refractivity contribution in [3.05, 3.63) is 64.1 Å². The molecule has 28 heavy (non-hydrogen) atoms. The minimum Gasteiger partial charge on any atom is -0.366 e. The van der Waals surface area contributed by atoms with Crippen molar-refractivity contribution in [1.82, 2.24) is 14.5 Å². The Labute approximate surface area is 173 Å². The molecule has 0 atom stereocenters. The highest BCUT2D eigenvalue weighted by atomic mass is 35.5. The van der Waals surface area contributed by atoms with Gasteiger partial charge in [0.25, 0.3) is 0 Å². The van der Waals surface area contributed by atoms with Crippen LogP contribution in [0, 0.1) is 6.92 Å². The highest BCUT2D eigenvalue weighted by Gasteiger charge is 2.24. The van der Waals surface area contributed by atoms with Crippen molar-refractivity contribution >= 4 is 11.6 Å². The monoisotopic (exact) mass is 395 g/mol. The van der Waals surface area contributed by atoms with E-state index >= 15 is 0 Å². The molecule has 0 amide bonds. The van der Waals surface area contributed by atoms with E-state index in [4.69, 9.17) is 16.6 Å². The third kappa shape index (κ3) is 3.77. The van der Waals surface area contributed by atoms with Crippen molar-refractivity contribution in [2.75, 3.05) is 6.54 Å². The lowest BCUT2D eigenvalue weighted by Crippen LogP contribution is -2.29. The first-order valence-corrected chi connectivity index (χ1v) is 11.0. The average molecular weight is 396 g/mol. The fraction of sp³-hybridized carbons (Fsp3) is 0.458. The molecule has 2 heterocycles. The normalized spacial score (nSPS) is 16.6. The first kappa shape index (κ1) is 19.3. The van der Waals surface area contributed by atoms with Crippen molar-refractivity contribution in [3.63, 3.8) is 0 Å². The molecule has 1 aliphatic heterocycles. The molecule has 0 radical (unpaired) electrons. The summed E-state index contributed by atoms with van der Waals surface area (Å²) < 4.78 is 2.37. The van der Waals surface area contributed by atoms with E-state index in [0.29, 0.717) is 5.15 Å². The molecule has 0 fully saturated rings. The molecule has 3 nitrogen and oxygen atoms in total. The molecule has 4 rings (SSSR count). The summed E-state index contributed by atoms with van der Waals surface area (Å²) in [4.78, 5) is 7.35.